The lowest BCUT2D eigenvalue weighted by molar-refractivity contribution is -0.951. The fraction of sp³-hybridized carbons (Fsp3) is 0.231. The Morgan fingerprint density at radius 1 is 0.750 bits per heavy atom. The van der Waals surface area contributed by atoms with E-state index in [4.69, 9.17) is 0 Å². The van der Waals surface area contributed by atoms with Crippen LogP contribution in [0.2, 0.25) is 0 Å². The molecule has 1 fully saturated rings. The zero-order chi connectivity index (χ0) is 19.4. The van der Waals surface area contributed by atoms with E-state index in [1.54, 1.807) is 0 Å². The zero-order valence-corrected chi connectivity index (χ0v) is 16.2. The zero-order valence-electron chi connectivity index (χ0n) is 16.2. The third-order valence-electron chi connectivity index (χ3n) is 5.80. The molecule has 0 aliphatic carbocycles. The van der Waals surface area contributed by atoms with E-state index in [1.807, 2.05) is 42.5 Å². The van der Waals surface area contributed by atoms with Crippen molar-refractivity contribution in [2.75, 3.05) is 7.05 Å². The van der Waals surface area contributed by atoms with Gasteiger partial charge in [0.15, 0.2) is 0 Å². The van der Waals surface area contributed by atoms with Gasteiger partial charge in [0.05, 0.1) is 7.05 Å². The van der Waals surface area contributed by atoms with Crippen molar-refractivity contribution in [2.24, 2.45) is 0 Å². The third kappa shape index (κ3) is 4.02. The van der Waals surface area contributed by atoms with E-state index in [1.165, 1.54) is 16.0 Å². The van der Waals surface area contributed by atoms with Crippen LogP contribution in [0, 0.1) is 11.8 Å². The van der Waals surface area contributed by atoms with Gasteiger partial charge in [0.25, 0.3) is 0 Å². The van der Waals surface area contributed by atoms with Gasteiger partial charge < -0.3 is 10.0 Å². The van der Waals surface area contributed by atoms with Gasteiger partial charge in [-0.05, 0) is 12.1 Å². The van der Waals surface area contributed by atoms with E-state index in [-0.39, 0.29) is 12.1 Å². The summed E-state index contributed by atoms with van der Waals surface area (Å²) in [5.41, 5.74) is 2.42. The minimum Gasteiger partial charge on any atom is -0.377 e. The Kier molecular flexibility index (Phi) is 5.30. The molecular formula is C26H26NO+. The molecule has 0 unspecified atom stereocenters. The summed E-state index contributed by atoms with van der Waals surface area (Å²) in [6, 6.07) is 31.3. The molecule has 0 spiro atoms. The SMILES string of the molecule is C[NH+]1[C@H](c2ccccc2)CC(O)(C#Cc2ccccc2)C[C@H]1c1ccccc1. The van der Waals surface area contributed by atoms with Crippen LogP contribution >= 0.6 is 0 Å². The first-order chi connectivity index (χ1) is 13.6. The topological polar surface area (TPSA) is 24.7 Å². The summed E-state index contributed by atoms with van der Waals surface area (Å²) in [4.78, 5) is 1.41. The first-order valence-corrected chi connectivity index (χ1v) is 9.88. The molecule has 2 atom stereocenters. The normalized spacial score (nSPS) is 26.9. The predicted octanol–water partition coefficient (Wildman–Crippen LogP) is 3.56. The molecule has 0 aromatic heterocycles. The summed E-state index contributed by atoms with van der Waals surface area (Å²) in [6.45, 7) is 0. The van der Waals surface area contributed by atoms with Crippen molar-refractivity contribution in [3.63, 3.8) is 0 Å². The van der Waals surface area contributed by atoms with E-state index in [2.05, 4.69) is 67.4 Å². The van der Waals surface area contributed by atoms with E-state index in [9.17, 15) is 5.11 Å². The number of benzene rings is 3. The predicted molar refractivity (Wildman–Crippen MR) is 113 cm³/mol. The number of nitrogens with one attached hydrogen (secondary N) is 1. The van der Waals surface area contributed by atoms with Gasteiger partial charge in [-0.2, -0.15) is 0 Å². The lowest BCUT2D eigenvalue weighted by Crippen LogP contribution is -3.11. The maximum atomic E-state index is 11.5. The number of hydrogen-bond acceptors (Lipinski definition) is 1. The summed E-state index contributed by atoms with van der Waals surface area (Å²) in [7, 11) is 2.24. The molecule has 0 saturated carbocycles. The number of rotatable bonds is 2. The quantitative estimate of drug-likeness (QED) is 0.664. The number of likely N-dealkylation sites (tertiary alicyclic amines) is 1. The molecule has 2 nitrogen and oxygen atoms in total. The van der Waals surface area contributed by atoms with E-state index in [0.717, 1.165) is 5.56 Å². The minimum atomic E-state index is -1.02. The smallest absolute Gasteiger partial charge is 0.137 e. The Labute approximate surface area is 167 Å². The minimum absolute atomic E-state index is 0.190. The lowest BCUT2D eigenvalue weighted by atomic mass is 9.78. The van der Waals surface area contributed by atoms with Crippen LogP contribution in [-0.4, -0.2) is 17.8 Å². The molecule has 4 rings (SSSR count). The first kappa shape index (κ1) is 18.5. The summed E-state index contributed by atoms with van der Waals surface area (Å²) in [6.07, 6.45) is 1.26. The van der Waals surface area contributed by atoms with Crippen molar-refractivity contribution >= 4 is 0 Å². The van der Waals surface area contributed by atoms with Gasteiger partial charge in [-0.25, -0.2) is 0 Å². The maximum absolute atomic E-state index is 11.5. The molecule has 0 bridgehead atoms. The molecule has 1 heterocycles. The van der Waals surface area contributed by atoms with Crippen molar-refractivity contribution < 1.29 is 10.0 Å². The molecule has 0 radical (unpaired) electrons. The second kappa shape index (κ2) is 8.02. The van der Waals surface area contributed by atoms with Gasteiger partial charge in [0.1, 0.15) is 17.7 Å². The van der Waals surface area contributed by atoms with Crippen LogP contribution < -0.4 is 4.90 Å². The van der Waals surface area contributed by atoms with Gasteiger partial charge in [-0.1, -0.05) is 90.7 Å². The van der Waals surface area contributed by atoms with Crippen molar-refractivity contribution in [1.29, 1.82) is 0 Å². The molecule has 3 aromatic carbocycles. The van der Waals surface area contributed by atoms with Crippen LogP contribution in [0.15, 0.2) is 91.0 Å². The van der Waals surface area contributed by atoms with E-state index in [0.29, 0.717) is 12.8 Å². The number of quaternary nitrogens is 1. The van der Waals surface area contributed by atoms with Crippen LogP contribution in [0.4, 0.5) is 0 Å². The molecule has 1 saturated heterocycles. The lowest BCUT2D eigenvalue weighted by Gasteiger charge is -2.43. The van der Waals surface area contributed by atoms with Crippen LogP contribution in [0.3, 0.4) is 0 Å². The Morgan fingerprint density at radius 3 is 1.64 bits per heavy atom. The average molecular weight is 369 g/mol. The molecule has 3 aromatic rings. The number of piperidine rings is 1. The highest BCUT2D eigenvalue weighted by molar-refractivity contribution is 5.37. The molecule has 28 heavy (non-hydrogen) atoms. The van der Waals surface area contributed by atoms with E-state index < -0.39 is 5.60 Å². The summed E-state index contributed by atoms with van der Waals surface area (Å²) in [5.74, 6) is 6.43. The van der Waals surface area contributed by atoms with Gasteiger partial charge in [-0.3, -0.25) is 0 Å². The molecule has 0 amide bonds. The number of hydrogen-bond donors (Lipinski definition) is 2. The maximum Gasteiger partial charge on any atom is 0.137 e. The largest absolute Gasteiger partial charge is 0.377 e. The van der Waals surface area contributed by atoms with Gasteiger partial charge in [0, 0.05) is 29.5 Å². The summed E-state index contributed by atoms with van der Waals surface area (Å²) >= 11 is 0. The molecule has 1 aliphatic rings. The van der Waals surface area contributed by atoms with Gasteiger partial charge >= 0.3 is 0 Å². The van der Waals surface area contributed by atoms with Crippen molar-refractivity contribution in [2.45, 2.75) is 30.5 Å². The standard InChI is InChI=1S/C26H25NO/c1-27-24(22-13-7-3-8-14-22)19-26(28,18-17-21-11-5-2-6-12-21)20-25(27)23-15-9-4-10-16-23/h2-16,24-25,28H,19-20H2,1H3/p+1/t24-,25-/m0/s1. The van der Waals surface area contributed by atoms with Crippen molar-refractivity contribution in [3.05, 3.63) is 108 Å². The second-order valence-corrected chi connectivity index (χ2v) is 7.73. The third-order valence-corrected chi connectivity index (χ3v) is 5.80. The van der Waals surface area contributed by atoms with Crippen molar-refractivity contribution in [3.8, 4) is 11.8 Å². The molecule has 140 valence electrons. The highest BCUT2D eigenvalue weighted by Gasteiger charge is 2.45. The van der Waals surface area contributed by atoms with Crippen LogP contribution in [0.5, 0.6) is 0 Å². The fourth-order valence-electron chi connectivity index (χ4n) is 4.27. The fourth-order valence-corrected chi connectivity index (χ4v) is 4.27. The highest BCUT2D eigenvalue weighted by atomic mass is 16.3. The van der Waals surface area contributed by atoms with Crippen LogP contribution in [0.25, 0.3) is 0 Å². The van der Waals surface area contributed by atoms with Crippen LogP contribution in [-0.2, 0) is 0 Å². The molecule has 2 heteroatoms. The first-order valence-electron chi connectivity index (χ1n) is 9.88. The highest BCUT2D eigenvalue weighted by Crippen LogP contribution is 2.34. The Hall–Kier alpha value is -2.86. The summed E-state index contributed by atoms with van der Waals surface area (Å²) in [5, 5.41) is 11.5. The van der Waals surface area contributed by atoms with Gasteiger partial charge in [0.2, 0.25) is 0 Å². The average Bonchev–Trinajstić information content (AvgIpc) is 2.76. The Balaban J connectivity index is 1.72. The molecular weight excluding hydrogens is 342 g/mol. The summed E-state index contributed by atoms with van der Waals surface area (Å²) < 4.78 is 0. The second-order valence-electron chi connectivity index (χ2n) is 7.73. The molecule has 1 aliphatic heterocycles. The monoisotopic (exact) mass is 368 g/mol. The number of aliphatic hydroxyl groups is 1. The Morgan fingerprint density at radius 2 is 1.18 bits per heavy atom. The van der Waals surface area contributed by atoms with E-state index >= 15 is 0 Å². The van der Waals surface area contributed by atoms with Crippen molar-refractivity contribution in [1.82, 2.24) is 0 Å². The Bertz CT molecular complexity index is 907. The molecule has 2 N–H and O–H groups in total. The van der Waals surface area contributed by atoms with Crippen LogP contribution in [0.1, 0.15) is 41.6 Å². The van der Waals surface area contributed by atoms with Gasteiger partial charge in [-0.15, -0.1) is 0 Å².